The van der Waals surface area contributed by atoms with Crippen molar-refractivity contribution in [1.29, 1.82) is 0 Å². The predicted octanol–water partition coefficient (Wildman–Crippen LogP) is 1.71. The number of hydrogen-bond donors (Lipinski definition) is 2. The Kier molecular flexibility index (Phi) is 8.79. The van der Waals surface area contributed by atoms with Gasteiger partial charge in [0.2, 0.25) is 0 Å². The SMILES string of the molecule is CC(=O)OCCC1SC(=S)N(CCN2C(=S)SC(CCOC(C)=O)C2(C)O)C1(C)O. The molecule has 0 saturated carbocycles. The third-order valence-electron chi connectivity index (χ3n) is 5.16. The summed E-state index contributed by atoms with van der Waals surface area (Å²) in [6.07, 6.45) is 0.948. The first kappa shape index (κ1) is 25.6. The van der Waals surface area contributed by atoms with Crippen molar-refractivity contribution in [2.24, 2.45) is 0 Å². The fourth-order valence-electron chi connectivity index (χ4n) is 3.43. The van der Waals surface area contributed by atoms with Crippen molar-refractivity contribution >= 4 is 68.5 Å². The van der Waals surface area contributed by atoms with Gasteiger partial charge in [-0.15, -0.1) is 0 Å². The minimum Gasteiger partial charge on any atom is -0.466 e. The van der Waals surface area contributed by atoms with Crippen LogP contribution in [0.15, 0.2) is 0 Å². The van der Waals surface area contributed by atoms with E-state index in [-0.39, 0.29) is 35.7 Å². The fraction of sp³-hybridized carbons (Fsp3) is 0.778. The normalized spacial score (nSPS) is 31.4. The highest BCUT2D eigenvalue weighted by molar-refractivity contribution is 8.24. The van der Waals surface area contributed by atoms with Gasteiger partial charge in [-0.3, -0.25) is 9.59 Å². The van der Waals surface area contributed by atoms with Crippen molar-refractivity contribution in [2.45, 2.75) is 62.5 Å². The molecule has 2 aliphatic rings. The predicted molar refractivity (Wildman–Crippen MR) is 125 cm³/mol. The van der Waals surface area contributed by atoms with Crippen molar-refractivity contribution in [3.05, 3.63) is 0 Å². The van der Waals surface area contributed by atoms with Gasteiger partial charge in [0.15, 0.2) is 0 Å². The molecule has 0 bridgehead atoms. The number of hydrogen-bond acceptors (Lipinski definition) is 10. The topological polar surface area (TPSA) is 99.5 Å². The molecule has 0 spiro atoms. The maximum absolute atomic E-state index is 11.0. The molecule has 0 aliphatic carbocycles. The monoisotopic (exact) mass is 496 g/mol. The van der Waals surface area contributed by atoms with Gasteiger partial charge in [0.05, 0.1) is 23.7 Å². The van der Waals surface area contributed by atoms with Crippen LogP contribution in [0.1, 0.15) is 40.5 Å². The molecule has 2 heterocycles. The van der Waals surface area contributed by atoms with Crippen molar-refractivity contribution in [1.82, 2.24) is 9.80 Å². The highest BCUT2D eigenvalue weighted by Crippen LogP contribution is 2.42. The zero-order valence-electron chi connectivity index (χ0n) is 17.5. The molecule has 4 atom stereocenters. The van der Waals surface area contributed by atoms with Gasteiger partial charge in [-0.25, -0.2) is 0 Å². The molecule has 2 saturated heterocycles. The highest BCUT2D eigenvalue weighted by Gasteiger charge is 2.50. The van der Waals surface area contributed by atoms with Crippen LogP contribution in [0, 0.1) is 0 Å². The molecule has 170 valence electrons. The van der Waals surface area contributed by atoms with E-state index in [0.717, 1.165) is 0 Å². The molecular formula is C18H28N2O6S4. The van der Waals surface area contributed by atoms with E-state index in [2.05, 4.69) is 0 Å². The average Bonchev–Trinajstić information content (AvgIpc) is 2.95. The Morgan fingerprint density at radius 2 is 1.23 bits per heavy atom. The third kappa shape index (κ3) is 5.98. The molecule has 0 amide bonds. The fourth-order valence-corrected chi connectivity index (χ4v) is 7.10. The Balaban J connectivity index is 1.96. The first-order chi connectivity index (χ1) is 13.9. The van der Waals surface area contributed by atoms with Gasteiger partial charge in [0.25, 0.3) is 0 Å². The summed E-state index contributed by atoms with van der Waals surface area (Å²) in [5.41, 5.74) is -2.42. The molecule has 2 fully saturated rings. The van der Waals surface area contributed by atoms with Crippen molar-refractivity contribution in [3.63, 3.8) is 0 Å². The number of carbonyl (C=O) groups excluding carboxylic acids is 2. The van der Waals surface area contributed by atoms with Crippen LogP contribution in [0.3, 0.4) is 0 Å². The minimum atomic E-state index is -1.21. The largest absolute Gasteiger partial charge is 0.466 e. The summed E-state index contributed by atoms with van der Waals surface area (Å²) in [6.45, 7) is 7.24. The van der Waals surface area contributed by atoms with E-state index >= 15 is 0 Å². The Morgan fingerprint density at radius 1 is 0.900 bits per heavy atom. The van der Waals surface area contributed by atoms with Crippen LogP contribution in [-0.2, 0) is 19.1 Å². The minimum absolute atomic E-state index is 0.213. The number of aliphatic hydroxyl groups is 2. The average molecular weight is 497 g/mol. The zero-order valence-corrected chi connectivity index (χ0v) is 20.7. The number of thiocarbonyl (C=S) groups is 2. The number of rotatable bonds is 9. The van der Waals surface area contributed by atoms with E-state index in [0.29, 0.717) is 34.6 Å². The van der Waals surface area contributed by atoms with Crippen LogP contribution in [0.25, 0.3) is 0 Å². The van der Waals surface area contributed by atoms with Crippen LogP contribution in [0.4, 0.5) is 0 Å². The van der Waals surface area contributed by atoms with Crippen molar-refractivity contribution < 1.29 is 29.3 Å². The number of thioether (sulfide) groups is 2. The van der Waals surface area contributed by atoms with Crippen LogP contribution in [-0.4, -0.2) is 88.8 Å². The molecule has 0 radical (unpaired) electrons. The Morgan fingerprint density at radius 3 is 1.53 bits per heavy atom. The second-order valence-electron chi connectivity index (χ2n) is 7.49. The van der Waals surface area contributed by atoms with Gasteiger partial charge in [-0.05, 0) is 26.7 Å². The number of nitrogens with zero attached hydrogens (tertiary/aromatic N) is 2. The van der Waals surface area contributed by atoms with Crippen LogP contribution in [0.2, 0.25) is 0 Å². The zero-order chi connectivity index (χ0) is 22.7. The third-order valence-corrected chi connectivity index (χ3v) is 8.95. The Labute approximate surface area is 196 Å². The molecule has 0 aromatic rings. The molecule has 12 heteroatoms. The first-order valence-corrected chi connectivity index (χ1v) is 12.1. The summed E-state index contributed by atoms with van der Waals surface area (Å²) >= 11 is 13.7. The van der Waals surface area contributed by atoms with Gasteiger partial charge in [-0.1, -0.05) is 48.0 Å². The lowest BCUT2D eigenvalue weighted by molar-refractivity contribution is -0.142. The molecule has 8 nitrogen and oxygen atoms in total. The van der Waals surface area contributed by atoms with E-state index < -0.39 is 11.4 Å². The summed E-state index contributed by atoms with van der Waals surface area (Å²) in [6, 6.07) is 0. The molecule has 2 aliphatic heterocycles. The lowest BCUT2D eigenvalue weighted by Gasteiger charge is -2.38. The maximum Gasteiger partial charge on any atom is 0.302 e. The summed E-state index contributed by atoms with van der Waals surface area (Å²) in [5, 5.41) is 21.6. The smallest absolute Gasteiger partial charge is 0.302 e. The second-order valence-corrected chi connectivity index (χ2v) is 11.2. The summed E-state index contributed by atoms with van der Waals surface area (Å²) < 4.78 is 11.1. The van der Waals surface area contributed by atoms with E-state index in [9.17, 15) is 19.8 Å². The summed E-state index contributed by atoms with van der Waals surface area (Å²) in [4.78, 5) is 25.4. The van der Waals surface area contributed by atoms with E-state index in [4.69, 9.17) is 33.9 Å². The van der Waals surface area contributed by atoms with Gasteiger partial charge in [0, 0.05) is 26.9 Å². The van der Waals surface area contributed by atoms with Crippen molar-refractivity contribution in [3.8, 4) is 0 Å². The summed E-state index contributed by atoms with van der Waals surface area (Å²) in [7, 11) is 0. The lowest BCUT2D eigenvalue weighted by atomic mass is 10.1. The number of ether oxygens (including phenoxy) is 2. The van der Waals surface area contributed by atoms with Crippen LogP contribution in [0.5, 0.6) is 0 Å². The second kappa shape index (κ2) is 10.3. The summed E-state index contributed by atoms with van der Waals surface area (Å²) in [5.74, 6) is -0.717. The van der Waals surface area contributed by atoms with E-state index in [1.807, 2.05) is 0 Å². The Bertz CT molecular complexity index is 644. The van der Waals surface area contributed by atoms with Gasteiger partial charge >= 0.3 is 11.9 Å². The van der Waals surface area contributed by atoms with Crippen LogP contribution < -0.4 is 0 Å². The molecule has 30 heavy (non-hydrogen) atoms. The molecule has 0 aromatic heterocycles. The molecule has 4 unspecified atom stereocenters. The maximum atomic E-state index is 11.0. The quantitative estimate of drug-likeness (QED) is 0.359. The molecule has 0 aromatic carbocycles. The van der Waals surface area contributed by atoms with E-state index in [1.165, 1.54) is 37.4 Å². The van der Waals surface area contributed by atoms with Crippen molar-refractivity contribution in [2.75, 3.05) is 26.3 Å². The van der Waals surface area contributed by atoms with Gasteiger partial charge in [0.1, 0.15) is 20.1 Å². The Hall–Kier alpha value is -0.660. The molecule has 2 N–H and O–H groups in total. The molecular weight excluding hydrogens is 468 g/mol. The number of carbonyl (C=O) groups is 2. The van der Waals surface area contributed by atoms with Gasteiger partial charge < -0.3 is 29.5 Å². The number of esters is 2. The van der Waals surface area contributed by atoms with Gasteiger partial charge in [-0.2, -0.15) is 0 Å². The van der Waals surface area contributed by atoms with E-state index in [1.54, 1.807) is 23.6 Å². The first-order valence-electron chi connectivity index (χ1n) is 9.55. The molecule has 2 rings (SSSR count). The highest BCUT2D eigenvalue weighted by atomic mass is 32.2. The van der Waals surface area contributed by atoms with Crippen LogP contribution >= 0.6 is 48.0 Å². The standard InChI is InChI=1S/C18H28N2O6S4/c1-11(21)25-9-5-13-17(3,23)19(15(27)29-13)7-8-20-16(28)30-14(18(20,4)24)6-10-26-12(2)22/h13-14,23-24H,5-10H2,1-4H3. The lowest BCUT2D eigenvalue weighted by Crippen LogP contribution is -2.55.